The van der Waals surface area contributed by atoms with E-state index in [2.05, 4.69) is 11.4 Å². The van der Waals surface area contributed by atoms with Gasteiger partial charge in [0.05, 0.1) is 5.69 Å². The molecule has 126 valence electrons. The van der Waals surface area contributed by atoms with Gasteiger partial charge in [-0.1, -0.05) is 31.0 Å². The maximum atomic E-state index is 12.3. The largest absolute Gasteiger partial charge is 0.325 e. The van der Waals surface area contributed by atoms with Crippen LogP contribution in [-0.2, 0) is 11.3 Å². The zero-order valence-electron chi connectivity index (χ0n) is 13.6. The Bertz CT molecular complexity index is 751. The molecule has 1 aliphatic rings. The third-order valence-corrected chi connectivity index (χ3v) is 5.65. The van der Waals surface area contributed by atoms with Gasteiger partial charge in [0.2, 0.25) is 5.91 Å². The lowest BCUT2D eigenvalue weighted by Crippen LogP contribution is -2.21. The molecule has 1 N–H and O–H groups in total. The van der Waals surface area contributed by atoms with Gasteiger partial charge in [0, 0.05) is 35.4 Å². The molecule has 1 fully saturated rings. The lowest BCUT2D eigenvalue weighted by molar-refractivity contribution is -0.116. The molecule has 3 rings (SSSR count). The summed E-state index contributed by atoms with van der Waals surface area (Å²) in [5.41, 5.74) is 0.794. The fraction of sp³-hybridized carbons (Fsp3) is 0.368. The third kappa shape index (κ3) is 4.51. The summed E-state index contributed by atoms with van der Waals surface area (Å²) < 4.78 is 1.55. The SMILES string of the molecule is O=C(CCn1ccccc1=O)Nc1ccccc1SC1CCCC1. The molecule has 1 aromatic heterocycles. The molecule has 4 nitrogen and oxygen atoms in total. The van der Waals surface area contributed by atoms with Crippen molar-refractivity contribution in [2.75, 3.05) is 5.32 Å². The van der Waals surface area contributed by atoms with Crippen LogP contribution in [0.25, 0.3) is 0 Å². The van der Waals surface area contributed by atoms with E-state index in [1.54, 1.807) is 22.9 Å². The van der Waals surface area contributed by atoms with E-state index in [0.717, 1.165) is 10.6 Å². The molecule has 24 heavy (non-hydrogen) atoms. The van der Waals surface area contributed by atoms with E-state index in [1.807, 2.05) is 30.0 Å². The average molecular weight is 342 g/mol. The number of carbonyl (C=O) groups excluding carboxylic acids is 1. The van der Waals surface area contributed by atoms with E-state index in [1.165, 1.54) is 31.7 Å². The molecule has 0 unspecified atom stereocenters. The molecule has 1 aliphatic carbocycles. The van der Waals surface area contributed by atoms with Crippen molar-refractivity contribution in [1.82, 2.24) is 4.57 Å². The number of amides is 1. The number of rotatable bonds is 6. The number of aromatic nitrogens is 1. The second-order valence-corrected chi connectivity index (χ2v) is 7.39. The van der Waals surface area contributed by atoms with Gasteiger partial charge >= 0.3 is 0 Å². The van der Waals surface area contributed by atoms with Crippen LogP contribution in [0.3, 0.4) is 0 Å². The second kappa shape index (κ2) is 8.20. The number of nitrogens with zero attached hydrogens (tertiary/aromatic N) is 1. The van der Waals surface area contributed by atoms with Gasteiger partial charge in [0.25, 0.3) is 5.56 Å². The molecular formula is C19H22N2O2S. The number of para-hydroxylation sites is 1. The highest BCUT2D eigenvalue weighted by molar-refractivity contribution is 8.00. The summed E-state index contributed by atoms with van der Waals surface area (Å²) in [4.78, 5) is 25.1. The van der Waals surface area contributed by atoms with Crippen molar-refractivity contribution in [1.29, 1.82) is 0 Å². The highest BCUT2D eigenvalue weighted by Gasteiger charge is 2.18. The number of hydrogen-bond acceptors (Lipinski definition) is 3. The van der Waals surface area contributed by atoms with Gasteiger partial charge < -0.3 is 9.88 Å². The van der Waals surface area contributed by atoms with Crippen LogP contribution in [0.2, 0.25) is 0 Å². The number of carbonyl (C=O) groups is 1. The van der Waals surface area contributed by atoms with Crippen molar-refractivity contribution in [3.8, 4) is 0 Å². The first-order valence-corrected chi connectivity index (χ1v) is 9.31. The van der Waals surface area contributed by atoms with Gasteiger partial charge in [0.15, 0.2) is 0 Å². The number of thioether (sulfide) groups is 1. The minimum atomic E-state index is -0.0810. The quantitative estimate of drug-likeness (QED) is 0.866. The first-order valence-electron chi connectivity index (χ1n) is 8.43. The summed E-state index contributed by atoms with van der Waals surface area (Å²) in [5, 5.41) is 3.66. The highest BCUT2D eigenvalue weighted by atomic mass is 32.2. The molecule has 0 aliphatic heterocycles. The fourth-order valence-corrected chi connectivity index (χ4v) is 4.27. The Hall–Kier alpha value is -2.01. The number of aryl methyl sites for hydroxylation is 1. The van der Waals surface area contributed by atoms with Gasteiger partial charge in [-0.2, -0.15) is 0 Å². The van der Waals surface area contributed by atoms with Crippen LogP contribution in [0, 0.1) is 0 Å². The Labute approximate surface area is 146 Å². The number of pyridine rings is 1. The standard InChI is InChI=1S/C19H22N2O2S/c22-18(12-14-21-13-6-5-11-19(21)23)20-16-9-3-4-10-17(16)24-15-7-1-2-8-15/h3-6,9-11,13,15H,1-2,7-8,12,14H2,(H,20,22). The molecule has 1 aromatic carbocycles. The van der Waals surface area contributed by atoms with Gasteiger partial charge in [0.1, 0.15) is 0 Å². The lowest BCUT2D eigenvalue weighted by atomic mass is 10.3. The first kappa shape index (κ1) is 16.8. The summed E-state index contributed by atoms with van der Waals surface area (Å²) >= 11 is 1.87. The molecule has 0 spiro atoms. The van der Waals surface area contributed by atoms with Gasteiger partial charge in [-0.05, 0) is 31.0 Å². The number of anilines is 1. The summed E-state index contributed by atoms with van der Waals surface area (Å²) in [6, 6.07) is 13.0. The molecule has 1 heterocycles. The minimum absolute atomic E-state index is 0.0646. The molecule has 0 radical (unpaired) electrons. The number of benzene rings is 1. The molecule has 1 amide bonds. The van der Waals surface area contributed by atoms with Crippen molar-refractivity contribution in [3.05, 3.63) is 59.0 Å². The van der Waals surface area contributed by atoms with Crippen LogP contribution in [0.1, 0.15) is 32.1 Å². The van der Waals surface area contributed by atoms with Gasteiger partial charge in [-0.3, -0.25) is 9.59 Å². The van der Waals surface area contributed by atoms with E-state index >= 15 is 0 Å². The number of hydrogen-bond donors (Lipinski definition) is 1. The van der Waals surface area contributed by atoms with Crippen LogP contribution in [0.5, 0.6) is 0 Å². The van der Waals surface area contributed by atoms with Gasteiger partial charge in [-0.15, -0.1) is 11.8 Å². The van der Waals surface area contributed by atoms with E-state index < -0.39 is 0 Å². The van der Waals surface area contributed by atoms with Crippen LogP contribution in [0.4, 0.5) is 5.69 Å². The first-order chi connectivity index (χ1) is 11.7. The van der Waals surface area contributed by atoms with Crippen molar-refractivity contribution < 1.29 is 4.79 Å². The molecule has 0 saturated heterocycles. The highest BCUT2D eigenvalue weighted by Crippen LogP contribution is 2.37. The maximum Gasteiger partial charge on any atom is 0.250 e. The van der Waals surface area contributed by atoms with Crippen molar-refractivity contribution in [3.63, 3.8) is 0 Å². The van der Waals surface area contributed by atoms with Crippen LogP contribution in [-0.4, -0.2) is 15.7 Å². The summed E-state index contributed by atoms with van der Waals surface area (Å²) in [6.45, 7) is 0.392. The molecule has 5 heteroatoms. The molecule has 0 atom stereocenters. The Morgan fingerprint density at radius 1 is 1.12 bits per heavy atom. The molecular weight excluding hydrogens is 320 g/mol. The fourth-order valence-electron chi connectivity index (χ4n) is 2.94. The Morgan fingerprint density at radius 2 is 1.88 bits per heavy atom. The Morgan fingerprint density at radius 3 is 2.67 bits per heavy atom. The zero-order chi connectivity index (χ0) is 16.8. The van der Waals surface area contributed by atoms with Gasteiger partial charge in [-0.25, -0.2) is 0 Å². The van der Waals surface area contributed by atoms with E-state index in [-0.39, 0.29) is 17.9 Å². The average Bonchev–Trinajstić information content (AvgIpc) is 3.09. The van der Waals surface area contributed by atoms with E-state index in [9.17, 15) is 9.59 Å². The maximum absolute atomic E-state index is 12.3. The van der Waals surface area contributed by atoms with Crippen molar-refractivity contribution in [2.45, 2.75) is 48.8 Å². The third-order valence-electron chi connectivity index (χ3n) is 4.24. The van der Waals surface area contributed by atoms with E-state index in [0.29, 0.717) is 11.8 Å². The predicted molar refractivity (Wildman–Crippen MR) is 98.5 cm³/mol. The second-order valence-electron chi connectivity index (χ2n) is 6.05. The Balaban J connectivity index is 1.59. The van der Waals surface area contributed by atoms with Crippen LogP contribution >= 0.6 is 11.8 Å². The normalized spacial score (nSPS) is 14.7. The molecule has 0 bridgehead atoms. The van der Waals surface area contributed by atoms with Crippen LogP contribution in [0.15, 0.2) is 58.4 Å². The monoisotopic (exact) mass is 342 g/mol. The van der Waals surface area contributed by atoms with Crippen molar-refractivity contribution >= 4 is 23.4 Å². The zero-order valence-corrected chi connectivity index (χ0v) is 14.4. The minimum Gasteiger partial charge on any atom is -0.325 e. The lowest BCUT2D eigenvalue weighted by Gasteiger charge is -2.14. The predicted octanol–water partition coefficient (Wildman–Crippen LogP) is 3.91. The summed E-state index contributed by atoms with van der Waals surface area (Å²) in [6.07, 6.45) is 7.11. The summed E-state index contributed by atoms with van der Waals surface area (Å²) in [7, 11) is 0. The smallest absolute Gasteiger partial charge is 0.250 e. The van der Waals surface area contributed by atoms with Crippen LogP contribution < -0.4 is 10.9 Å². The number of nitrogens with one attached hydrogen (secondary N) is 1. The molecule has 2 aromatic rings. The molecule has 1 saturated carbocycles. The summed E-state index contributed by atoms with van der Waals surface area (Å²) in [5.74, 6) is -0.0646. The Kier molecular flexibility index (Phi) is 5.75. The van der Waals surface area contributed by atoms with Crippen molar-refractivity contribution in [2.24, 2.45) is 0 Å². The van der Waals surface area contributed by atoms with E-state index in [4.69, 9.17) is 0 Å². The topological polar surface area (TPSA) is 51.1 Å².